The predicted octanol–water partition coefficient (Wildman–Crippen LogP) is 4.09. The number of hydrogen-bond acceptors (Lipinski definition) is 3. The maximum absolute atomic E-state index is 11.6. The second kappa shape index (κ2) is 10.3. The van der Waals surface area contributed by atoms with Crippen molar-refractivity contribution in [1.29, 1.82) is 0 Å². The molecule has 0 heterocycles. The van der Waals surface area contributed by atoms with Crippen LogP contribution in [-0.4, -0.2) is 23.7 Å². The molecule has 4 nitrogen and oxygen atoms in total. The summed E-state index contributed by atoms with van der Waals surface area (Å²) in [6, 6.07) is 27.0. The Labute approximate surface area is 165 Å². The lowest BCUT2D eigenvalue weighted by molar-refractivity contribution is -0.139. The molecular formula is C24H25NO3. The van der Waals surface area contributed by atoms with Gasteiger partial charge in [-0.3, -0.25) is 4.79 Å². The van der Waals surface area contributed by atoms with Crippen LogP contribution in [0.4, 0.5) is 0 Å². The van der Waals surface area contributed by atoms with Crippen LogP contribution in [0.25, 0.3) is 0 Å². The molecule has 3 rings (SSSR count). The van der Waals surface area contributed by atoms with Crippen molar-refractivity contribution in [3.05, 3.63) is 102 Å². The van der Waals surface area contributed by atoms with E-state index in [9.17, 15) is 9.90 Å². The SMILES string of the molecule is O=C(O)[C@H](Cc1ccc(OCCc2ccccc2)cc1)NCc1ccccc1. The Morgan fingerprint density at radius 2 is 1.43 bits per heavy atom. The van der Waals surface area contributed by atoms with Crippen LogP contribution in [0.3, 0.4) is 0 Å². The fraction of sp³-hybridized carbons (Fsp3) is 0.208. The standard InChI is InChI=1S/C24H25NO3/c26-24(27)23(25-18-21-9-5-2-6-10-21)17-20-11-13-22(14-12-20)28-16-15-19-7-3-1-4-8-19/h1-14,23,25H,15-18H2,(H,26,27)/t23-/m0/s1. The van der Waals surface area contributed by atoms with Gasteiger partial charge in [-0.25, -0.2) is 0 Å². The zero-order chi connectivity index (χ0) is 19.6. The maximum Gasteiger partial charge on any atom is 0.321 e. The first-order valence-electron chi connectivity index (χ1n) is 9.46. The Kier molecular flexibility index (Phi) is 7.21. The highest BCUT2D eigenvalue weighted by Crippen LogP contribution is 2.14. The summed E-state index contributed by atoms with van der Waals surface area (Å²) in [5.74, 6) is -0.0529. The Hall–Kier alpha value is -3.11. The van der Waals surface area contributed by atoms with Gasteiger partial charge in [-0.1, -0.05) is 72.8 Å². The number of carboxylic acids is 1. The van der Waals surface area contributed by atoms with E-state index in [2.05, 4.69) is 17.4 Å². The van der Waals surface area contributed by atoms with Gasteiger partial charge in [-0.2, -0.15) is 0 Å². The number of carbonyl (C=O) groups is 1. The molecule has 1 atom stereocenters. The van der Waals surface area contributed by atoms with Crippen molar-refractivity contribution in [2.75, 3.05) is 6.61 Å². The second-order valence-corrected chi connectivity index (χ2v) is 6.69. The van der Waals surface area contributed by atoms with Crippen molar-refractivity contribution < 1.29 is 14.6 Å². The molecule has 0 spiro atoms. The molecule has 3 aromatic rings. The van der Waals surface area contributed by atoms with Crippen molar-refractivity contribution in [3.63, 3.8) is 0 Å². The Morgan fingerprint density at radius 3 is 2.04 bits per heavy atom. The third kappa shape index (κ3) is 6.25. The average molecular weight is 375 g/mol. The zero-order valence-electron chi connectivity index (χ0n) is 15.8. The fourth-order valence-electron chi connectivity index (χ4n) is 2.97. The molecule has 0 aliphatic rings. The molecule has 0 amide bonds. The van der Waals surface area contributed by atoms with Gasteiger partial charge in [0.2, 0.25) is 0 Å². The molecule has 0 unspecified atom stereocenters. The molecule has 4 heteroatoms. The van der Waals surface area contributed by atoms with Crippen molar-refractivity contribution in [2.24, 2.45) is 0 Å². The Morgan fingerprint density at radius 1 is 0.821 bits per heavy atom. The summed E-state index contributed by atoms with van der Waals surface area (Å²) in [6.45, 7) is 1.14. The summed E-state index contributed by atoms with van der Waals surface area (Å²) in [4.78, 5) is 11.6. The number of rotatable bonds is 10. The summed E-state index contributed by atoms with van der Waals surface area (Å²) in [5, 5.41) is 12.6. The lowest BCUT2D eigenvalue weighted by atomic mass is 10.1. The molecule has 0 radical (unpaired) electrons. The molecule has 2 N–H and O–H groups in total. The molecule has 3 aromatic carbocycles. The first-order valence-corrected chi connectivity index (χ1v) is 9.46. The van der Waals surface area contributed by atoms with Gasteiger partial charge in [-0.05, 0) is 35.2 Å². The second-order valence-electron chi connectivity index (χ2n) is 6.69. The van der Waals surface area contributed by atoms with E-state index in [4.69, 9.17) is 4.74 Å². The van der Waals surface area contributed by atoms with Crippen molar-refractivity contribution in [2.45, 2.75) is 25.4 Å². The maximum atomic E-state index is 11.6. The molecule has 0 bridgehead atoms. The van der Waals surface area contributed by atoms with Crippen LogP contribution >= 0.6 is 0 Å². The highest BCUT2D eigenvalue weighted by atomic mass is 16.5. The van der Waals surface area contributed by atoms with E-state index in [0.29, 0.717) is 19.6 Å². The van der Waals surface area contributed by atoms with Gasteiger partial charge in [-0.15, -0.1) is 0 Å². The van der Waals surface area contributed by atoms with Gasteiger partial charge >= 0.3 is 5.97 Å². The van der Waals surface area contributed by atoms with Gasteiger partial charge < -0.3 is 15.2 Å². The predicted molar refractivity (Wildman–Crippen MR) is 110 cm³/mol. The third-order valence-corrected chi connectivity index (χ3v) is 4.56. The lowest BCUT2D eigenvalue weighted by Crippen LogP contribution is -2.38. The largest absolute Gasteiger partial charge is 0.493 e. The fourth-order valence-corrected chi connectivity index (χ4v) is 2.97. The minimum atomic E-state index is -0.848. The normalized spacial score (nSPS) is 11.7. The van der Waals surface area contributed by atoms with E-state index in [1.807, 2.05) is 72.8 Å². The molecule has 0 saturated carbocycles. The number of aliphatic carboxylic acids is 1. The minimum Gasteiger partial charge on any atom is -0.493 e. The van der Waals surface area contributed by atoms with Crippen LogP contribution in [0.15, 0.2) is 84.9 Å². The van der Waals surface area contributed by atoms with Crippen LogP contribution in [-0.2, 0) is 24.2 Å². The highest BCUT2D eigenvalue weighted by Gasteiger charge is 2.17. The summed E-state index contributed by atoms with van der Waals surface area (Å²) in [6.07, 6.45) is 1.28. The van der Waals surface area contributed by atoms with Crippen LogP contribution in [0, 0.1) is 0 Å². The first kappa shape index (κ1) is 19.6. The smallest absolute Gasteiger partial charge is 0.321 e. The van der Waals surface area contributed by atoms with Gasteiger partial charge in [0.15, 0.2) is 0 Å². The summed E-state index contributed by atoms with van der Waals surface area (Å²) < 4.78 is 5.79. The average Bonchev–Trinajstić information content (AvgIpc) is 2.73. The van der Waals surface area contributed by atoms with Crippen molar-refractivity contribution >= 4 is 5.97 Å². The summed E-state index contributed by atoms with van der Waals surface area (Å²) >= 11 is 0. The number of hydrogen-bond donors (Lipinski definition) is 2. The van der Waals surface area contributed by atoms with Crippen molar-refractivity contribution in [3.8, 4) is 5.75 Å². The number of ether oxygens (including phenoxy) is 1. The van der Waals surface area contributed by atoms with E-state index >= 15 is 0 Å². The summed E-state index contributed by atoms with van der Waals surface area (Å²) in [7, 11) is 0. The molecule has 0 aliphatic carbocycles. The molecule has 0 fully saturated rings. The first-order chi connectivity index (χ1) is 13.7. The Balaban J connectivity index is 1.49. The van der Waals surface area contributed by atoms with Crippen LogP contribution in [0.5, 0.6) is 5.75 Å². The van der Waals surface area contributed by atoms with Gasteiger partial charge in [0.05, 0.1) is 6.61 Å². The summed E-state index contributed by atoms with van der Waals surface area (Å²) in [5.41, 5.74) is 3.27. The quantitative estimate of drug-likeness (QED) is 0.560. The molecule has 0 saturated heterocycles. The van der Waals surface area contributed by atoms with E-state index in [1.165, 1.54) is 5.56 Å². The number of nitrogens with one attached hydrogen (secondary N) is 1. The molecule has 28 heavy (non-hydrogen) atoms. The van der Waals surface area contributed by atoms with Gasteiger partial charge in [0.25, 0.3) is 0 Å². The van der Waals surface area contributed by atoms with Crippen LogP contribution in [0.1, 0.15) is 16.7 Å². The molecule has 144 valence electrons. The van der Waals surface area contributed by atoms with E-state index in [1.54, 1.807) is 0 Å². The third-order valence-electron chi connectivity index (χ3n) is 4.56. The van der Waals surface area contributed by atoms with Crippen molar-refractivity contribution in [1.82, 2.24) is 5.32 Å². The molecule has 0 aliphatic heterocycles. The lowest BCUT2D eigenvalue weighted by Gasteiger charge is -2.15. The zero-order valence-corrected chi connectivity index (χ0v) is 15.8. The number of benzene rings is 3. The minimum absolute atomic E-state index is 0.423. The molecule has 0 aromatic heterocycles. The van der Waals surface area contributed by atoms with Gasteiger partial charge in [0.1, 0.15) is 11.8 Å². The number of carboxylic acid groups (broad SMARTS) is 1. The van der Waals surface area contributed by atoms with E-state index < -0.39 is 12.0 Å². The molecular weight excluding hydrogens is 350 g/mol. The van der Waals surface area contributed by atoms with E-state index in [-0.39, 0.29) is 0 Å². The van der Waals surface area contributed by atoms with Crippen LogP contribution < -0.4 is 10.1 Å². The Bertz CT molecular complexity index is 848. The highest BCUT2D eigenvalue weighted by molar-refractivity contribution is 5.73. The van der Waals surface area contributed by atoms with Crippen LogP contribution in [0.2, 0.25) is 0 Å². The topological polar surface area (TPSA) is 58.6 Å². The monoisotopic (exact) mass is 375 g/mol. The van der Waals surface area contributed by atoms with Gasteiger partial charge in [0, 0.05) is 13.0 Å². The van der Waals surface area contributed by atoms with E-state index in [0.717, 1.165) is 23.3 Å².